The minimum atomic E-state index is -0.257. The van der Waals surface area contributed by atoms with E-state index in [0.717, 1.165) is 16.8 Å². The SMILES string of the molecule is COc1ccc(C(=O)N/N=C(/C)c2ccc(-c3ccccc3)cc2)cc1. The van der Waals surface area contributed by atoms with E-state index in [1.807, 2.05) is 37.3 Å². The van der Waals surface area contributed by atoms with Gasteiger partial charge in [0.2, 0.25) is 0 Å². The summed E-state index contributed by atoms with van der Waals surface area (Å²) in [5.74, 6) is 0.452. The van der Waals surface area contributed by atoms with Gasteiger partial charge in [0.25, 0.3) is 5.91 Å². The molecule has 1 amide bonds. The highest BCUT2D eigenvalue weighted by Gasteiger charge is 2.05. The quantitative estimate of drug-likeness (QED) is 0.547. The molecule has 0 aliphatic heterocycles. The van der Waals surface area contributed by atoms with Gasteiger partial charge in [-0.25, -0.2) is 5.43 Å². The molecule has 3 rings (SSSR count). The fraction of sp³-hybridized carbons (Fsp3) is 0.0909. The summed E-state index contributed by atoms with van der Waals surface area (Å²) in [7, 11) is 1.59. The van der Waals surface area contributed by atoms with Crippen LogP contribution in [0.2, 0.25) is 0 Å². The molecular weight excluding hydrogens is 324 g/mol. The molecule has 26 heavy (non-hydrogen) atoms. The Bertz CT molecular complexity index is 899. The number of carbonyl (C=O) groups excluding carboxylic acids is 1. The number of amides is 1. The van der Waals surface area contributed by atoms with Crippen molar-refractivity contribution < 1.29 is 9.53 Å². The van der Waals surface area contributed by atoms with Gasteiger partial charge in [-0.2, -0.15) is 5.10 Å². The number of methoxy groups -OCH3 is 1. The maximum absolute atomic E-state index is 12.2. The van der Waals surface area contributed by atoms with Crippen LogP contribution in [0.1, 0.15) is 22.8 Å². The highest BCUT2D eigenvalue weighted by atomic mass is 16.5. The average molecular weight is 344 g/mol. The molecule has 0 atom stereocenters. The Morgan fingerprint density at radius 3 is 2.00 bits per heavy atom. The molecule has 0 saturated heterocycles. The Balaban J connectivity index is 1.68. The van der Waals surface area contributed by atoms with Gasteiger partial charge in [-0.15, -0.1) is 0 Å². The molecule has 0 bridgehead atoms. The summed E-state index contributed by atoms with van der Waals surface area (Å²) in [5.41, 5.74) is 7.13. The minimum absolute atomic E-state index is 0.257. The zero-order valence-corrected chi connectivity index (χ0v) is 14.8. The lowest BCUT2D eigenvalue weighted by Crippen LogP contribution is -2.19. The van der Waals surface area contributed by atoms with Gasteiger partial charge in [0.15, 0.2) is 0 Å². The number of hydrogen-bond acceptors (Lipinski definition) is 3. The largest absolute Gasteiger partial charge is 0.497 e. The molecule has 0 fully saturated rings. The van der Waals surface area contributed by atoms with E-state index in [4.69, 9.17) is 4.74 Å². The van der Waals surface area contributed by atoms with Crippen molar-refractivity contribution in [2.24, 2.45) is 5.10 Å². The van der Waals surface area contributed by atoms with E-state index < -0.39 is 0 Å². The topological polar surface area (TPSA) is 50.7 Å². The van der Waals surface area contributed by atoms with Crippen LogP contribution in [-0.2, 0) is 0 Å². The zero-order chi connectivity index (χ0) is 18.4. The number of hydrogen-bond donors (Lipinski definition) is 1. The van der Waals surface area contributed by atoms with Crippen molar-refractivity contribution >= 4 is 11.6 Å². The summed E-state index contributed by atoms with van der Waals surface area (Å²) in [4.78, 5) is 12.2. The van der Waals surface area contributed by atoms with E-state index in [-0.39, 0.29) is 5.91 Å². The van der Waals surface area contributed by atoms with Crippen LogP contribution >= 0.6 is 0 Å². The molecule has 1 N–H and O–H groups in total. The Hall–Kier alpha value is -3.40. The molecule has 0 aromatic heterocycles. The molecule has 130 valence electrons. The molecule has 0 saturated carbocycles. The van der Waals surface area contributed by atoms with E-state index in [9.17, 15) is 4.79 Å². The smallest absolute Gasteiger partial charge is 0.271 e. The molecule has 0 spiro atoms. The van der Waals surface area contributed by atoms with Crippen LogP contribution in [0.4, 0.5) is 0 Å². The van der Waals surface area contributed by atoms with Crippen molar-refractivity contribution in [1.29, 1.82) is 0 Å². The number of rotatable bonds is 5. The molecule has 3 aromatic rings. The van der Waals surface area contributed by atoms with Crippen molar-refractivity contribution in [2.45, 2.75) is 6.92 Å². The van der Waals surface area contributed by atoms with Crippen LogP contribution < -0.4 is 10.2 Å². The van der Waals surface area contributed by atoms with E-state index in [0.29, 0.717) is 11.3 Å². The van der Waals surface area contributed by atoms with Crippen LogP contribution in [0.15, 0.2) is 84.0 Å². The molecule has 0 unspecified atom stereocenters. The molecule has 3 aromatic carbocycles. The number of nitrogens with one attached hydrogen (secondary N) is 1. The van der Waals surface area contributed by atoms with Gasteiger partial charge in [0.05, 0.1) is 12.8 Å². The van der Waals surface area contributed by atoms with Crippen LogP contribution in [0.25, 0.3) is 11.1 Å². The van der Waals surface area contributed by atoms with E-state index in [1.54, 1.807) is 31.4 Å². The second kappa shape index (κ2) is 8.12. The summed E-state index contributed by atoms with van der Waals surface area (Å²) in [5, 5.41) is 4.20. The lowest BCUT2D eigenvalue weighted by atomic mass is 10.0. The monoisotopic (exact) mass is 344 g/mol. The first-order chi connectivity index (χ1) is 12.7. The molecular formula is C22H20N2O2. The summed E-state index contributed by atoms with van der Waals surface area (Å²) >= 11 is 0. The van der Waals surface area contributed by atoms with Crippen molar-refractivity contribution in [3.63, 3.8) is 0 Å². The van der Waals surface area contributed by atoms with Crippen molar-refractivity contribution in [1.82, 2.24) is 5.43 Å². The summed E-state index contributed by atoms with van der Waals surface area (Å²) in [6.07, 6.45) is 0. The molecule has 0 heterocycles. The molecule has 0 aliphatic rings. The van der Waals surface area contributed by atoms with Crippen LogP contribution in [0.3, 0.4) is 0 Å². The Morgan fingerprint density at radius 1 is 0.808 bits per heavy atom. The van der Waals surface area contributed by atoms with Crippen LogP contribution in [0.5, 0.6) is 5.75 Å². The number of ether oxygens (including phenoxy) is 1. The van der Waals surface area contributed by atoms with Gasteiger partial charge < -0.3 is 4.74 Å². The number of benzene rings is 3. The van der Waals surface area contributed by atoms with Crippen LogP contribution in [-0.4, -0.2) is 18.7 Å². The Kier molecular flexibility index (Phi) is 5.44. The average Bonchev–Trinajstić information content (AvgIpc) is 2.72. The number of nitrogens with zero attached hydrogens (tertiary/aromatic N) is 1. The Labute approximate surface area is 153 Å². The van der Waals surface area contributed by atoms with Crippen molar-refractivity contribution in [2.75, 3.05) is 7.11 Å². The van der Waals surface area contributed by atoms with Gasteiger partial charge >= 0.3 is 0 Å². The number of carbonyl (C=O) groups is 1. The first-order valence-corrected chi connectivity index (χ1v) is 8.32. The van der Waals surface area contributed by atoms with E-state index >= 15 is 0 Å². The van der Waals surface area contributed by atoms with Gasteiger partial charge in [-0.1, -0.05) is 54.6 Å². The maximum Gasteiger partial charge on any atom is 0.271 e. The predicted molar refractivity (Wildman–Crippen MR) is 105 cm³/mol. The third kappa shape index (κ3) is 4.16. The second-order valence-electron chi connectivity index (χ2n) is 5.81. The minimum Gasteiger partial charge on any atom is -0.497 e. The molecule has 4 heteroatoms. The highest BCUT2D eigenvalue weighted by Crippen LogP contribution is 2.19. The Morgan fingerprint density at radius 2 is 1.38 bits per heavy atom. The maximum atomic E-state index is 12.2. The van der Waals surface area contributed by atoms with E-state index in [1.165, 1.54) is 5.56 Å². The van der Waals surface area contributed by atoms with Gasteiger partial charge in [-0.3, -0.25) is 4.79 Å². The molecule has 4 nitrogen and oxygen atoms in total. The predicted octanol–water partition coefficient (Wildman–Crippen LogP) is 4.52. The molecule has 0 radical (unpaired) electrons. The standard InChI is InChI=1S/C22H20N2O2/c1-16(23-24-22(25)20-12-14-21(26-2)15-13-20)17-8-10-19(11-9-17)18-6-4-3-5-7-18/h3-15H,1-2H3,(H,24,25)/b23-16-. The van der Waals surface area contributed by atoms with Gasteiger partial charge in [-0.05, 0) is 47.9 Å². The summed E-state index contributed by atoms with van der Waals surface area (Å²) in [6, 6.07) is 25.2. The first kappa shape index (κ1) is 17.4. The zero-order valence-electron chi connectivity index (χ0n) is 14.8. The third-order valence-corrected chi connectivity index (χ3v) is 4.09. The first-order valence-electron chi connectivity index (χ1n) is 8.32. The fourth-order valence-corrected chi connectivity index (χ4v) is 2.54. The van der Waals surface area contributed by atoms with E-state index in [2.05, 4.69) is 34.8 Å². The fourth-order valence-electron chi connectivity index (χ4n) is 2.54. The summed E-state index contributed by atoms with van der Waals surface area (Å²) < 4.78 is 5.09. The third-order valence-electron chi connectivity index (χ3n) is 4.09. The normalized spacial score (nSPS) is 11.1. The highest BCUT2D eigenvalue weighted by molar-refractivity contribution is 6.01. The van der Waals surface area contributed by atoms with Crippen molar-refractivity contribution in [3.8, 4) is 16.9 Å². The van der Waals surface area contributed by atoms with Gasteiger partial charge in [0, 0.05) is 5.56 Å². The second-order valence-corrected chi connectivity index (χ2v) is 5.81. The summed E-state index contributed by atoms with van der Waals surface area (Å²) in [6.45, 7) is 1.87. The van der Waals surface area contributed by atoms with Crippen molar-refractivity contribution in [3.05, 3.63) is 90.0 Å². The number of hydrazone groups is 1. The van der Waals surface area contributed by atoms with Gasteiger partial charge in [0.1, 0.15) is 5.75 Å². The van der Waals surface area contributed by atoms with Crippen LogP contribution in [0, 0.1) is 0 Å². The molecule has 0 aliphatic carbocycles. The lowest BCUT2D eigenvalue weighted by Gasteiger charge is -2.06. The lowest BCUT2D eigenvalue weighted by molar-refractivity contribution is 0.0955.